The van der Waals surface area contributed by atoms with Gasteiger partial charge < -0.3 is 15.5 Å². The molecule has 1 atom stereocenters. The van der Waals surface area contributed by atoms with Crippen LogP contribution in [-0.4, -0.2) is 34.9 Å². The van der Waals surface area contributed by atoms with E-state index in [9.17, 15) is 9.59 Å². The fourth-order valence-corrected chi connectivity index (χ4v) is 3.53. The van der Waals surface area contributed by atoms with E-state index in [0.29, 0.717) is 26.2 Å². The Morgan fingerprint density at radius 3 is 2.88 bits per heavy atom. The van der Waals surface area contributed by atoms with E-state index in [1.165, 1.54) is 0 Å². The van der Waals surface area contributed by atoms with Crippen LogP contribution in [0.2, 0.25) is 0 Å². The summed E-state index contributed by atoms with van der Waals surface area (Å²) in [5.74, 6) is -0.175. The minimum absolute atomic E-state index is 0.0126. The zero-order valence-electron chi connectivity index (χ0n) is 14.0. The van der Waals surface area contributed by atoms with Crippen molar-refractivity contribution in [2.75, 3.05) is 13.1 Å². The number of aromatic nitrogens is 1. The summed E-state index contributed by atoms with van der Waals surface area (Å²) >= 11 is 1.62. The van der Waals surface area contributed by atoms with Crippen LogP contribution in [0.1, 0.15) is 23.4 Å². The molecule has 0 radical (unpaired) electrons. The maximum atomic E-state index is 12.4. The molecule has 25 heavy (non-hydrogen) atoms. The van der Waals surface area contributed by atoms with E-state index in [1.54, 1.807) is 22.4 Å². The molecular weight excluding hydrogens is 336 g/mol. The molecule has 0 bridgehead atoms. The van der Waals surface area contributed by atoms with Crippen LogP contribution >= 0.6 is 11.3 Å². The Hall–Kier alpha value is -2.41. The second kappa shape index (κ2) is 8.62. The van der Waals surface area contributed by atoms with Crippen LogP contribution in [0, 0.1) is 5.92 Å². The molecule has 132 valence electrons. The molecule has 2 aromatic heterocycles. The van der Waals surface area contributed by atoms with E-state index < -0.39 is 0 Å². The molecule has 6 nitrogen and oxygen atoms in total. The molecule has 1 aliphatic rings. The van der Waals surface area contributed by atoms with Crippen LogP contribution in [0.3, 0.4) is 0 Å². The van der Waals surface area contributed by atoms with Gasteiger partial charge in [0.15, 0.2) is 0 Å². The van der Waals surface area contributed by atoms with Crippen molar-refractivity contribution in [3.8, 4) is 0 Å². The molecule has 3 rings (SSSR count). The summed E-state index contributed by atoms with van der Waals surface area (Å²) in [5.41, 5.74) is 0.831. The first-order valence-electron chi connectivity index (χ1n) is 8.45. The number of hydrogen-bond acceptors (Lipinski definition) is 4. The van der Waals surface area contributed by atoms with E-state index in [0.717, 1.165) is 23.4 Å². The van der Waals surface area contributed by atoms with Crippen molar-refractivity contribution >= 4 is 23.3 Å². The van der Waals surface area contributed by atoms with Crippen molar-refractivity contribution < 1.29 is 9.59 Å². The van der Waals surface area contributed by atoms with E-state index in [1.807, 2.05) is 35.7 Å². The SMILES string of the molecule is O=C(NCc1ccccn1)[C@H]1CCCN(C(=O)NCc2cccs2)C1. The maximum absolute atomic E-state index is 12.4. The van der Waals surface area contributed by atoms with Crippen molar-refractivity contribution in [1.29, 1.82) is 0 Å². The summed E-state index contributed by atoms with van der Waals surface area (Å²) in [6.45, 7) is 2.11. The van der Waals surface area contributed by atoms with Crippen molar-refractivity contribution in [3.63, 3.8) is 0 Å². The van der Waals surface area contributed by atoms with Gasteiger partial charge in [-0.25, -0.2) is 4.79 Å². The molecule has 3 amide bonds. The van der Waals surface area contributed by atoms with Crippen LogP contribution in [0.4, 0.5) is 4.79 Å². The number of hydrogen-bond donors (Lipinski definition) is 2. The van der Waals surface area contributed by atoms with Gasteiger partial charge in [-0.3, -0.25) is 9.78 Å². The number of likely N-dealkylation sites (tertiary alicyclic amines) is 1. The van der Waals surface area contributed by atoms with Crippen LogP contribution in [0.5, 0.6) is 0 Å². The first-order chi connectivity index (χ1) is 12.2. The molecule has 0 aliphatic carbocycles. The van der Waals surface area contributed by atoms with Crippen molar-refractivity contribution in [1.82, 2.24) is 20.5 Å². The molecule has 0 spiro atoms. The van der Waals surface area contributed by atoms with Gasteiger partial charge in [0.1, 0.15) is 0 Å². The Labute approximate surface area is 151 Å². The summed E-state index contributed by atoms with van der Waals surface area (Å²) < 4.78 is 0. The van der Waals surface area contributed by atoms with Crippen molar-refractivity contribution in [2.45, 2.75) is 25.9 Å². The first kappa shape index (κ1) is 17.4. The van der Waals surface area contributed by atoms with Crippen LogP contribution in [-0.2, 0) is 17.9 Å². The fourth-order valence-electron chi connectivity index (χ4n) is 2.89. The molecule has 2 aromatic rings. The van der Waals surface area contributed by atoms with Gasteiger partial charge in [-0.2, -0.15) is 0 Å². The van der Waals surface area contributed by atoms with Gasteiger partial charge in [0, 0.05) is 24.2 Å². The molecular formula is C18H22N4O2S. The molecule has 1 fully saturated rings. The van der Waals surface area contributed by atoms with Crippen LogP contribution in [0.25, 0.3) is 0 Å². The van der Waals surface area contributed by atoms with E-state index in [-0.39, 0.29) is 17.9 Å². The number of pyridine rings is 1. The highest BCUT2D eigenvalue weighted by molar-refractivity contribution is 7.09. The molecule has 0 aromatic carbocycles. The number of piperidine rings is 1. The molecule has 7 heteroatoms. The third-order valence-electron chi connectivity index (χ3n) is 4.24. The zero-order valence-corrected chi connectivity index (χ0v) is 14.8. The molecule has 1 saturated heterocycles. The number of thiophene rings is 1. The summed E-state index contributed by atoms with van der Waals surface area (Å²) in [4.78, 5) is 31.8. The maximum Gasteiger partial charge on any atom is 0.317 e. The van der Waals surface area contributed by atoms with Gasteiger partial charge in [0.25, 0.3) is 0 Å². The predicted molar refractivity (Wildman–Crippen MR) is 96.9 cm³/mol. The second-order valence-electron chi connectivity index (χ2n) is 6.06. The largest absolute Gasteiger partial charge is 0.350 e. The number of carbonyl (C=O) groups excluding carboxylic acids is 2. The van der Waals surface area contributed by atoms with Gasteiger partial charge in [0.2, 0.25) is 5.91 Å². The Kier molecular flexibility index (Phi) is 6.00. The molecule has 3 heterocycles. The minimum Gasteiger partial charge on any atom is -0.350 e. The van der Waals surface area contributed by atoms with Gasteiger partial charge in [-0.15, -0.1) is 11.3 Å². The van der Waals surface area contributed by atoms with E-state index in [2.05, 4.69) is 15.6 Å². The summed E-state index contributed by atoms with van der Waals surface area (Å²) in [6, 6.07) is 9.49. The van der Waals surface area contributed by atoms with Gasteiger partial charge in [-0.05, 0) is 36.4 Å². The standard InChI is InChI=1S/C18H22N4O2S/c23-17(20-11-15-6-1-2-8-19-15)14-5-3-9-22(13-14)18(24)21-12-16-7-4-10-25-16/h1-2,4,6-8,10,14H,3,5,9,11-13H2,(H,20,23)(H,21,24)/t14-/m0/s1. The molecule has 2 N–H and O–H groups in total. The Morgan fingerprint density at radius 1 is 1.20 bits per heavy atom. The predicted octanol–water partition coefficient (Wildman–Crippen LogP) is 2.38. The Bertz CT molecular complexity index is 690. The average molecular weight is 358 g/mol. The average Bonchev–Trinajstić information content (AvgIpc) is 3.18. The first-order valence-corrected chi connectivity index (χ1v) is 9.33. The number of urea groups is 1. The normalized spacial score (nSPS) is 17.1. The summed E-state index contributed by atoms with van der Waals surface area (Å²) in [6.07, 6.45) is 3.36. The Morgan fingerprint density at radius 2 is 2.12 bits per heavy atom. The lowest BCUT2D eigenvalue weighted by Crippen LogP contribution is -2.48. The lowest BCUT2D eigenvalue weighted by molar-refractivity contribution is -0.126. The monoisotopic (exact) mass is 358 g/mol. The van der Waals surface area contributed by atoms with E-state index >= 15 is 0 Å². The molecule has 0 saturated carbocycles. The smallest absolute Gasteiger partial charge is 0.317 e. The minimum atomic E-state index is -0.162. The highest BCUT2D eigenvalue weighted by Gasteiger charge is 2.28. The quantitative estimate of drug-likeness (QED) is 0.862. The zero-order chi connectivity index (χ0) is 17.5. The van der Waals surface area contributed by atoms with E-state index in [4.69, 9.17) is 0 Å². The molecule has 1 aliphatic heterocycles. The number of amides is 3. The van der Waals surface area contributed by atoms with Gasteiger partial charge >= 0.3 is 6.03 Å². The van der Waals surface area contributed by atoms with Gasteiger partial charge in [-0.1, -0.05) is 12.1 Å². The third-order valence-corrected chi connectivity index (χ3v) is 5.12. The lowest BCUT2D eigenvalue weighted by Gasteiger charge is -2.32. The summed E-state index contributed by atoms with van der Waals surface area (Å²) in [7, 11) is 0. The van der Waals surface area contributed by atoms with Crippen LogP contribution in [0.15, 0.2) is 41.9 Å². The van der Waals surface area contributed by atoms with Crippen molar-refractivity contribution in [3.05, 3.63) is 52.5 Å². The number of nitrogens with zero attached hydrogens (tertiary/aromatic N) is 2. The van der Waals surface area contributed by atoms with Gasteiger partial charge in [0.05, 0.1) is 24.7 Å². The van der Waals surface area contributed by atoms with Crippen LogP contribution < -0.4 is 10.6 Å². The second-order valence-corrected chi connectivity index (χ2v) is 7.09. The fraction of sp³-hybridized carbons (Fsp3) is 0.389. The van der Waals surface area contributed by atoms with Crippen molar-refractivity contribution in [2.24, 2.45) is 5.92 Å². The molecule has 0 unspecified atom stereocenters. The number of carbonyl (C=O) groups is 2. The Balaban J connectivity index is 1.46. The topological polar surface area (TPSA) is 74.3 Å². The summed E-state index contributed by atoms with van der Waals surface area (Å²) in [5, 5.41) is 7.84. The highest BCUT2D eigenvalue weighted by Crippen LogP contribution is 2.17. The highest BCUT2D eigenvalue weighted by atomic mass is 32.1. The third kappa shape index (κ3) is 5.03. The number of rotatable bonds is 5. The number of nitrogens with one attached hydrogen (secondary N) is 2. The lowest BCUT2D eigenvalue weighted by atomic mass is 9.97.